The molecule has 5 heteroatoms. The van der Waals surface area contributed by atoms with E-state index in [4.69, 9.17) is 5.11 Å². The second-order valence-electron chi connectivity index (χ2n) is 4.68. The molecule has 1 heterocycles. The molecule has 1 aromatic carbocycles. The van der Waals surface area contributed by atoms with Crippen molar-refractivity contribution in [2.24, 2.45) is 0 Å². The average Bonchev–Trinajstić information content (AvgIpc) is 2.43. The van der Waals surface area contributed by atoms with Gasteiger partial charge in [0.25, 0.3) is 5.91 Å². The minimum atomic E-state index is -1.00. The van der Waals surface area contributed by atoms with Gasteiger partial charge in [0.05, 0.1) is 0 Å². The van der Waals surface area contributed by atoms with Crippen molar-refractivity contribution in [2.75, 3.05) is 6.54 Å². The standard InChI is InChI=1S/C14H18N2O3/c1-2-12(14(18)19)16-13(17)10-4-3-9-5-6-15-8-11(9)7-10/h3-4,7,12,15H,2,5-6,8H2,1H3,(H,16,17)(H,18,19). The van der Waals surface area contributed by atoms with E-state index in [1.54, 1.807) is 13.0 Å². The summed E-state index contributed by atoms with van der Waals surface area (Å²) in [5.74, 6) is -1.34. The van der Waals surface area contributed by atoms with E-state index < -0.39 is 12.0 Å². The minimum absolute atomic E-state index is 0.331. The molecule has 5 nitrogen and oxygen atoms in total. The Bertz CT molecular complexity index is 499. The van der Waals surface area contributed by atoms with Gasteiger partial charge in [0.2, 0.25) is 0 Å². The van der Waals surface area contributed by atoms with Gasteiger partial charge < -0.3 is 15.7 Å². The van der Waals surface area contributed by atoms with Gasteiger partial charge in [0.15, 0.2) is 0 Å². The maximum atomic E-state index is 12.0. The summed E-state index contributed by atoms with van der Waals surface area (Å²) in [4.78, 5) is 22.9. The van der Waals surface area contributed by atoms with Crippen LogP contribution in [0.25, 0.3) is 0 Å². The Morgan fingerprint density at radius 3 is 2.89 bits per heavy atom. The van der Waals surface area contributed by atoms with E-state index in [-0.39, 0.29) is 5.91 Å². The lowest BCUT2D eigenvalue weighted by molar-refractivity contribution is -0.139. The quantitative estimate of drug-likeness (QED) is 0.754. The van der Waals surface area contributed by atoms with E-state index in [1.165, 1.54) is 5.56 Å². The van der Waals surface area contributed by atoms with Crippen LogP contribution in [0.2, 0.25) is 0 Å². The van der Waals surface area contributed by atoms with E-state index in [1.807, 2.05) is 12.1 Å². The maximum Gasteiger partial charge on any atom is 0.326 e. The smallest absolute Gasteiger partial charge is 0.326 e. The summed E-state index contributed by atoms with van der Waals surface area (Å²) in [6, 6.07) is 4.72. The van der Waals surface area contributed by atoms with Crippen molar-refractivity contribution in [3.05, 3.63) is 34.9 Å². The van der Waals surface area contributed by atoms with E-state index in [2.05, 4.69) is 10.6 Å². The highest BCUT2D eigenvalue weighted by Gasteiger charge is 2.19. The lowest BCUT2D eigenvalue weighted by Crippen LogP contribution is -2.40. The van der Waals surface area contributed by atoms with Gasteiger partial charge in [-0.05, 0) is 42.6 Å². The van der Waals surface area contributed by atoms with E-state index in [9.17, 15) is 9.59 Å². The molecule has 0 aliphatic carbocycles. The molecule has 2 rings (SSSR count). The largest absolute Gasteiger partial charge is 0.480 e. The first-order valence-corrected chi connectivity index (χ1v) is 6.48. The first-order chi connectivity index (χ1) is 9.11. The summed E-state index contributed by atoms with van der Waals surface area (Å²) in [6.45, 7) is 3.44. The van der Waals surface area contributed by atoms with Crippen molar-refractivity contribution in [2.45, 2.75) is 32.4 Å². The Morgan fingerprint density at radius 1 is 1.42 bits per heavy atom. The number of rotatable bonds is 4. The molecule has 3 N–H and O–H groups in total. The highest BCUT2D eigenvalue weighted by molar-refractivity contribution is 5.96. The summed E-state index contributed by atoms with van der Waals surface area (Å²) in [7, 11) is 0. The van der Waals surface area contributed by atoms with Gasteiger partial charge >= 0.3 is 5.97 Å². The number of carboxylic acid groups (broad SMARTS) is 1. The van der Waals surface area contributed by atoms with Crippen molar-refractivity contribution in [1.29, 1.82) is 0 Å². The van der Waals surface area contributed by atoms with Crippen LogP contribution in [0, 0.1) is 0 Å². The van der Waals surface area contributed by atoms with E-state index in [0.717, 1.165) is 25.1 Å². The number of aliphatic carboxylic acids is 1. The van der Waals surface area contributed by atoms with Crippen LogP contribution in [0.4, 0.5) is 0 Å². The second-order valence-corrected chi connectivity index (χ2v) is 4.68. The molecule has 0 fully saturated rings. The molecule has 1 amide bonds. The molecule has 0 bridgehead atoms. The predicted molar refractivity (Wildman–Crippen MR) is 71.0 cm³/mol. The zero-order valence-corrected chi connectivity index (χ0v) is 10.9. The van der Waals surface area contributed by atoms with Crippen molar-refractivity contribution in [3.63, 3.8) is 0 Å². The lowest BCUT2D eigenvalue weighted by Gasteiger charge is -2.18. The topological polar surface area (TPSA) is 78.4 Å². The number of hydrogen-bond donors (Lipinski definition) is 3. The van der Waals surface area contributed by atoms with Gasteiger partial charge in [-0.15, -0.1) is 0 Å². The highest BCUT2D eigenvalue weighted by Crippen LogP contribution is 2.16. The third-order valence-corrected chi connectivity index (χ3v) is 3.37. The summed E-state index contributed by atoms with van der Waals surface area (Å²) in [5.41, 5.74) is 2.88. The Balaban J connectivity index is 2.13. The number of fused-ring (bicyclic) bond motifs is 1. The average molecular weight is 262 g/mol. The fourth-order valence-electron chi connectivity index (χ4n) is 2.20. The van der Waals surface area contributed by atoms with Crippen LogP contribution in [-0.2, 0) is 17.8 Å². The first kappa shape index (κ1) is 13.5. The summed E-state index contributed by atoms with van der Waals surface area (Å²) in [6.07, 6.45) is 1.33. The fourth-order valence-corrected chi connectivity index (χ4v) is 2.20. The predicted octanol–water partition coefficient (Wildman–Crippen LogP) is 0.925. The van der Waals surface area contributed by atoms with Gasteiger partial charge in [-0.25, -0.2) is 4.79 Å². The minimum Gasteiger partial charge on any atom is -0.480 e. The number of amides is 1. The van der Waals surface area contributed by atoms with Crippen molar-refractivity contribution >= 4 is 11.9 Å². The van der Waals surface area contributed by atoms with Crippen LogP contribution >= 0.6 is 0 Å². The number of hydrogen-bond acceptors (Lipinski definition) is 3. The number of carboxylic acids is 1. The molecule has 1 atom stereocenters. The van der Waals surface area contributed by atoms with Crippen LogP contribution in [0.5, 0.6) is 0 Å². The second kappa shape index (κ2) is 5.84. The molecule has 19 heavy (non-hydrogen) atoms. The number of carbonyl (C=O) groups is 2. The van der Waals surface area contributed by atoms with Crippen LogP contribution in [0.1, 0.15) is 34.8 Å². The third kappa shape index (κ3) is 3.12. The van der Waals surface area contributed by atoms with Crippen molar-refractivity contribution in [1.82, 2.24) is 10.6 Å². The van der Waals surface area contributed by atoms with Gasteiger partial charge in [-0.3, -0.25) is 4.79 Å². The van der Waals surface area contributed by atoms with Crippen LogP contribution in [0.3, 0.4) is 0 Å². The Labute approximate surface area is 112 Å². The number of nitrogens with one attached hydrogen (secondary N) is 2. The molecular formula is C14H18N2O3. The Morgan fingerprint density at radius 2 is 2.21 bits per heavy atom. The zero-order chi connectivity index (χ0) is 13.8. The molecule has 1 aliphatic heterocycles. The van der Waals surface area contributed by atoms with E-state index in [0.29, 0.717) is 12.0 Å². The maximum absolute atomic E-state index is 12.0. The van der Waals surface area contributed by atoms with Gasteiger partial charge in [-0.1, -0.05) is 13.0 Å². The molecule has 102 valence electrons. The fraction of sp³-hybridized carbons (Fsp3) is 0.429. The molecule has 1 aliphatic rings. The molecule has 0 saturated heterocycles. The molecule has 0 radical (unpaired) electrons. The molecule has 0 aromatic heterocycles. The number of benzene rings is 1. The SMILES string of the molecule is CCC(NC(=O)c1ccc2c(c1)CNCC2)C(=O)O. The van der Waals surface area contributed by atoms with Crippen LogP contribution in [0.15, 0.2) is 18.2 Å². The molecular weight excluding hydrogens is 244 g/mol. The summed E-state index contributed by atoms with van der Waals surface area (Å²) in [5, 5.41) is 14.7. The normalized spacial score (nSPS) is 15.4. The van der Waals surface area contributed by atoms with Crippen molar-refractivity contribution in [3.8, 4) is 0 Å². The monoisotopic (exact) mass is 262 g/mol. The summed E-state index contributed by atoms with van der Waals surface area (Å²) >= 11 is 0. The van der Waals surface area contributed by atoms with Gasteiger partial charge in [-0.2, -0.15) is 0 Å². The van der Waals surface area contributed by atoms with Crippen molar-refractivity contribution < 1.29 is 14.7 Å². The molecule has 1 unspecified atom stereocenters. The Hall–Kier alpha value is -1.88. The van der Waals surface area contributed by atoms with E-state index >= 15 is 0 Å². The first-order valence-electron chi connectivity index (χ1n) is 6.48. The van der Waals surface area contributed by atoms with Crippen LogP contribution in [-0.4, -0.2) is 29.6 Å². The summed E-state index contributed by atoms with van der Waals surface area (Å²) < 4.78 is 0. The molecule has 0 spiro atoms. The lowest BCUT2D eigenvalue weighted by atomic mass is 9.98. The van der Waals surface area contributed by atoms with Crippen LogP contribution < -0.4 is 10.6 Å². The van der Waals surface area contributed by atoms with Gasteiger partial charge in [0, 0.05) is 12.1 Å². The number of carbonyl (C=O) groups excluding carboxylic acids is 1. The molecule has 0 saturated carbocycles. The zero-order valence-electron chi connectivity index (χ0n) is 10.9. The third-order valence-electron chi connectivity index (χ3n) is 3.37. The molecule has 1 aromatic rings. The van der Waals surface area contributed by atoms with Gasteiger partial charge in [0.1, 0.15) is 6.04 Å². The Kier molecular flexibility index (Phi) is 4.16. The highest BCUT2D eigenvalue weighted by atomic mass is 16.4.